The van der Waals surface area contributed by atoms with Crippen LogP contribution in [-0.4, -0.2) is 29.0 Å². The van der Waals surface area contributed by atoms with Gasteiger partial charge in [-0.15, -0.1) is 12.4 Å². The van der Waals surface area contributed by atoms with Crippen LogP contribution in [0.4, 0.5) is 0 Å². The van der Waals surface area contributed by atoms with Crippen LogP contribution < -0.4 is 16.4 Å². The molecule has 0 aliphatic rings. The first-order valence-corrected chi connectivity index (χ1v) is 9.51. The molecule has 0 fully saturated rings. The maximum absolute atomic E-state index is 12.2. The summed E-state index contributed by atoms with van der Waals surface area (Å²) < 4.78 is 0.801. The lowest BCUT2D eigenvalue weighted by Gasteiger charge is -2.17. The molecule has 2 aromatic rings. The van der Waals surface area contributed by atoms with E-state index in [1.54, 1.807) is 25.1 Å². The molecular weight excluding hydrogens is 446 g/mol. The largest absolute Gasteiger partial charge is 0.508 e. The number of rotatable bonds is 8. The van der Waals surface area contributed by atoms with Crippen molar-refractivity contribution in [2.45, 2.75) is 38.4 Å². The Labute approximate surface area is 179 Å². The number of hydrogen-bond acceptors (Lipinski definition) is 4. The fraction of sp³-hybridized carbons (Fsp3) is 0.300. The molecule has 0 heterocycles. The van der Waals surface area contributed by atoms with Crippen molar-refractivity contribution in [3.63, 3.8) is 0 Å². The lowest BCUT2D eigenvalue weighted by Crippen LogP contribution is -2.50. The average molecular weight is 471 g/mol. The summed E-state index contributed by atoms with van der Waals surface area (Å²) in [6.45, 7) is 1.75. The lowest BCUT2D eigenvalue weighted by atomic mass is 10.1. The molecule has 6 nitrogen and oxygen atoms in total. The number of phenolic OH excluding ortho intramolecular Hbond substituents is 1. The van der Waals surface area contributed by atoms with E-state index in [1.165, 1.54) is 0 Å². The van der Waals surface area contributed by atoms with E-state index >= 15 is 0 Å². The predicted octanol–water partition coefficient (Wildman–Crippen LogP) is 2.66. The highest BCUT2D eigenvalue weighted by molar-refractivity contribution is 9.10. The fourth-order valence-corrected chi connectivity index (χ4v) is 2.92. The van der Waals surface area contributed by atoms with Gasteiger partial charge in [0.25, 0.3) is 0 Å². The lowest BCUT2D eigenvalue weighted by molar-refractivity contribution is -0.129. The number of benzene rings is 2. The maximum atomic E-state index is 12.2. The smallest absolute Gasteiger partial charge is 0.242 e. The van der Waals surface area contributed by atoms with Gasteiger partial charge in [-0.05, 0) is 43.5 Å². The Morgan fingerprint density at radius 3 is 2.50 bits per heavy atom. The second kappa shape index (κ2) is 11.7. The van der Waals surface area contributed by atoms with Gasteiger partial charge in [0, 0.05) is 16.6 Å². The third-order valence-corrected chi connectivity index (χ3v) is 4.66. The van der Waals surface area contributed by atoms with Crippen molar-refractivity contribution >= 4 is 40.2 Å². The predicted molar refractivity (Wildman–Crippen MR) is 115 cm³/mol. The number of aromatic hydroxyl groups is 1. The minimum Gasteiger partial charge on any atom is -0.508 e. The van der Waals surface area contributed by atoms with E-state index in [0.29, 0.717) is 18.4 Å². The van der Waals surface area contributed by atoms with Gasteiger partial charge < -0.3 is 21.5 Å². The summed E-state index contributed by atoms with van der Waals surface area (Å²) in [5, 5.41) is 15.1. The van der Waals surface area contributed by atoms with Crippen molar-refractivity contribution in [1.82, 2.24) is 10.6 Å². The number of aryl methyl sites for hydroxylation is 1. The second-order valence-corrected chi connectivity index (χ2v) is 7.27. The number of nitrogens with one attached hydrogen (secondary N) is 2. The zero-order valence-electron chi connectivity index (χ0n) is 15.5. The van der Waals surface area contributed by atoms with E-state index in [-0.39, 0.29) is 36.5 Å². The molecule has 0 unspecified atom stereocenters. The molecule has 2 atom stereocenters. The van der Waals surface area contributed by atoms with E-state index < -0.39 is 12.1 Å². The number of carbonyl (C=O) groups excluding carboxylic acids is 2. The maximum Gasteiger partial charge on any atom is 0.242 e. The highest BCUT2D eigenvalue weighted by Gasteiger charge is 2.20. The van der Waals surface area contributed by atoms with Gasteiger partial charge in [0.1, 0.15) is 11.8 Å². The molecule has 2 aromatic carbocycles. The van der Waals surface area contributed by atoms with Crippen molar-refractivity contribution < 1.29 is 14.7 Å². The number of nitrogens with two attached hydrogens (primary N) is 1. The van der Waals surface area contributed by atoms with E-state index in [2.05, 4.69) is 26.6 Å². The molecular formula is C20H25BrClN3O3. The van der Waals surface area contributed by atoms with Gasteiger partial charge >= 0.3 is 0 Å². The zero-order chi connectivity index (χ0) is 19.8. The average Bonchev–Trinajstić information content (AvgIpc) is 2.67. The summed E-state index contributed by atoms with van der Waals surface area (Å²) in [6, 6.07) is 13.3. The molecule has 2 rings (SSSR count). The number of carbonyl (C=O) groups is 2. The topological polar surface area (TPSA) is 104 Å². The summed E-state index contributed by atoms with van der Waals surface area (Å²) in [5.41, 5.74) is 7.62. The summed E-state index contributed by atoms with van der Waals surface area (Å²) in [6.07, 6.45) is 1.19. The SMILES string of the molecule is C[C@H](NC(=O)[C@H](N)CCc1ccccc1)C(=O)NCc1cc(Br)ccc1O.Cl. The molecule has 8 heteroatoms. The molecule has 0 bridgehead atoms. The standard InChI is InChI=1S/C20H24BrN3O3.ClH/c1-13(19(26)23-12-15-11-16(21)8-10-18(15)25)24-20(27)17(22)9-7-14-5-3-2-4-6-14;/h2-6,8,10-11,13,17,25H,7,9,12,22H2,1H3,(H,23,26)(H,24,27);1H/t13-,17+;/m0./s1. The van der Waals surface area contributed by atoms with Crippen LogP contribution >= 0.6 is 28.3 Å². The molecule has 0 saturated heterocycles. The Morgan fingerprint density at radius 2 is 1.82 bits per heavy atom. The van der Waals surface area contributed by atoms with Gasteiger partial charge in [0.15, 0.2) is 0 Å². The Balaban J connectivity index is 0.00000392. The number of hydrogen-bond donors (Lipinski definition) is 4. The van der Waals surface area contributed by atoms with Gasteiger partial charge in [-0.1, -0.05) is 46.3 Å². The van der Waals surface area contributed by atoms with Crippen molar-refractivity contribution in [2.75, 3.05) is 0 Å². The Morgan fingerprint density at radius 1 is 1.14 bits per heavy atom. The fourth-order valence-electron chi connectivity index (χ4n) is 2.52. The number of phenols is 1. The monoisotopic (exact) mass is 469 g/mol. The summed E-state index contributed by atoms with van der Waals surface area (Å²) >= 11 is 3.32. The molecule has 152 valence electrons. The molecule has 0 saturated carbocycles. The minimum absolute atomic E-state index is 0. The quantitative estimate of drug-likeness (QED) is 0.476. The number of halogens is 2. The van der Waals surface area contributed by atoms with Crippen molar-refractivity contribution in [3.05, 3.63) is 64.1 Å². The molecule has 28 heavy (non-hydrogen) atoms. The third kappa shape index (κ3) is 7.50. The van der Waals surface area contributed by atoms with E-state index in [9.17, 15) is 14.7 Å². The zero-order valence-corrected chi connectivity index (χ0v) is 17.9. The van der Waals surface area contributed by atoms with Crippen LogP contribution in [0.15, 0.2) is 53.0 Å². The highest BCUT2D eigenvalue weighted by atomic mass is 79.9. The van der Waals surface area contributed by atoms with Gasteiger partial charge in [-0.25, -0.2) is 0 Å². The Kier molecular flexibility index (Phi) is 9.99. The molecule has 2 amide bonds. The van der Waals surface area contributed by atoms with E-state index in [4.69, 9.17) is 5.73 Å². The Bertz CT molecular complexity index is 790. The van der Waals surface area contributed by atoms with Crippen LogP contribution in [0.5, 0.6) is 5.75 Å². The molecule has 0 aliphatic heterocycles. The molecule has 5 N–H and O–H groups in total. The van der Waals surface area contributed by atoms with Gasteiger partial charge in [-0.3, -0.25) is 9.59 Å². The highest BCUT2D eigenvalue weighted by Crippen LogP contribution is 2.21. The Hall–Kier alpha value is -2.09. The van der Waals surface area contributed by atoms with Crippen molar-refractivity contribution in [1.29, 1.82) is 0 Å². The summed E-state index contributed by atoms with van der Waals surface area (Å²) in [5.74, 6) is -0.616. The molecule has 0 aliphatic carbocycles. The van der Waals surface area contributed by atoms with Crippen LogP contribution in [0.3, 0.4) is 0 Å². The van der Waals surface area contributed by atoms with Gasteiger partial charge in [0.05, 0.1) is 6.04 Å². The number of amides is 2. The van der Waals surface area contributed by atoms with E-state index in [0.717, 1.165) is 10.0 Å². The van der Waals surface area contributed by atoms with Gasteiger partial charge in [0.2, 0.25) is 11.8 Å². The van der Waals surface area contributed by atoms with Crippen molar-refractivity contribution in [2.24, 2.45) is 5.73 Å². The first-order chi connectivity index (χ1) is 12.9. The van der Waals surface area contributed by atoms with Gasteiger partial charge in [-0.2, -0.15) is 0 Å². The van der Waals surface area contributed by atoms with Crippen LogP contribution in [0.2, 0.25) is 0 Å². The van der Waals surface area contributed by atoms with Crippen LogP contribution in [0.1, 0.15) is 24.5 Å². The third-order valence-electron chi connectivity index (χ3n) is 4.17. The normalized spacial score (nSPS) is 12.4. The van der Waals surface area contributed by atoms with Crippen LogP contribution in [0, 0.1) is 0 Å². The first-order valence-electron chi connectivity index (χ1n) is 8.72. The summed E-state index contributed by atoms with van der Waals surface area (Å²) in [4.78, 5) is 24.4. The molecule has 0 aromatic heterocycles. The summed E-state index contributed by atoms with van der Waals surface area (Å²) in [7, 11) is 0. The van der Waals surface area contributed by atoms with Crippen LogP contribution in [0.25, 0.3) is 0 Å². The first kappa shape index (κ1) is 23.9. The second-order valence-electron chi connectivity index (χ2n) is 6.35. The molecule has 0 spiro atoms. The van der Waals surface area contributed by atoms with Crippen molar-refractivity contribution in [3.8, 4) is 5.75 Å². The molecule has 0 radical (unpaired) electrons. The minimum atomic E-state index is -0.727. The van der Waals surface area contributed by atoms with E-state index in [1.807, 2.05) is 30.3 Å². The van der Waals surface area contributed by atoms with Crippen LogP contribution in [-0.2, 0) is 22.6 Å².